The molecule has 0 bridgehead atoms. The molecule has 4 rings (SSSR count). The fraction of sp³-hybridized carbons (Fsp3) is 0.342. The first-order chi connectivity index (χ1) is 20.1. The maximum atomic E-state index is 11.7. The second kappa shape index (κ2) is 14.7. The molecule has 0 fully saturated rings. The summed E-state index contributed by atoms with van der Waals surface area (Å²) in [5.74, 6) is 2.15. The molecule has 0 aromatic heterocycles. The van der Waals surface area contributed by atoms with Crippen molar-refractivity contribution < 1.29 is 19.4 Å². The van der Waals surface area contributed by atoms with Crippen LogP contribution in [0.25, 0.3) is 11.1 Å². The van der Waals surface area contributed by atoms with Gasteiger partial charge in [-0.25, -0.2) is 0 Å². The molecular weight excluding hydrogens is 552 g/mol. The highest BCUT2D eigenvalue weighted by Crippen LogP contribution is 2.38. The first-order valence-electron chi connectivity index (χ1n) is 14.8. The molecule has 228 valence electrons. The Labute approximate surface area is 262 Å². The molecule has 0 heterocycles. The molecule has 0 radical (unpaired) electrons. The van der Waals surface area contributed by atoms with Crippen LogP contribution >= 0.6 is 11.8 Å². The van der Waals surface area contributed by atoms with Crippen molar-refractivity contribution in [3.63, 3.8) is 0 Å². The van der Waals surface area contributed by atoms with E-state index in [-0.39, 0.29) is 23.7 Å². The van der Waals surface area contributed by atoms with Gasteiger partial charge in [0.2, 0.25) is 0 Å². The van der Waals surface area contributed by atoms with Gasteiger partial charge in [0.25, 0.3) is 0 Å². The number of ether oxygens (including phenoxy) is 2. The van der Waals surface area contributed by atoms with Crippen LogP contribution in [0.3, 0.4) is 0 Å². The lowest BCUT2D eigenvalue weighted by atomic mass is 9.80. The summed E-state index contributed by atoms with van der Waals surface area (Å²) in [7, 11) is 0. The van der Waals surface area contributed by atoms with Gasteiger partial charge in [0.1, 0.15) is 23.9 Å². The second-order valence-electron chi connectivity index (χ2n) is 12.7. The highest BCUT2D eigenvalue weighted by molar-refractivity contribution is 7.99. The van der Waals surface area contributed by atoms with Crippen molar-refractivity contribution in [2.24, 2.45) is 5.92 Å². The van der Waals surface area contributed by atoms with Crippen molar-refractivity contribution in [1.29, 1.82) is 0 Å². The third kappa shape index (κ3) is 9.93. The van der Waals surface area contributed by atoms with Crippen molar-refractivity contribution in [1.82, 2.24) is 0 Å². The van der Waals surface area contributed by atoms with Crippen LogP contribution in [0.4, 0.5) is 0 Å². The fourth-order valence-corrected chi connectivity index (χ4v) is 5.92. The smallest absolute Gasteiger partial charge is 0.302 e. The Morgan fingerprint density at radius 2 is 1.26 bits per heavy atom. The molecule has 0 atom stereocenters. The summed E-state index contributed by atoms with van der Waals surface area (Å²) < 4.78 is 11.8. The highest BCUT2D eigenvalue weighted by Gasteiger charge is 2.20. The summed E-state index contributed by atoms with van der Waals surface area (Å²) in [6.07, 6.45) is 0. The molecule has 0 aliphatic rings. The summed E-state index contributed by atoms with van der Waals surface area (Å²) in [6, 6.07) is 23.7. The maximum Gasteiger partial charge on any atom is 0.302 e. The Balaban J connectivity index is 0.00000119. The molecule has 4 nitrogen and oxygen atoms in total. The zero-order valence-corrected chi connectivity index (χ0v) is 28.1. The third-order valence-corrected chi connectivity index (χ3v) is 7.53. The third-order valence-electron chi connectivity index (χ3n) is 6.51. The molecule has 5 heteroatoms. The SMILES string of the molecule is CC(=O)OCc1cc(-c2cc(C)c(C(C)(C)C)c(C)c2)cc(C)c1Oc1ccc(Sc2ccc(O)cc2)cc1.CC(C)C. The standard InChI is InChI=1S/C34H36O4S.C4H10/c1-21-16-25(17-22(2)32(21)34(5,6)7)26-18-23(3)33(27(19-26)20-37-24(4)35)38-29-10-14-31(15-11-29)39-30-12-8-28(36)9-13-30;1-4(2)3/h8-19,36H,20H2,1-7H3;4H,1-3H3. The van der Waals surface area contributed by atoms with Gasteiger partial charge in [-0.2, -0.15) is 0 Å². The second-order valence-corrected chi connectivity index (χ2v) is 13.8. The fourth-order valence-electron chi connectivity index (χ4n) is 5.10. The molecule has 1 N–H and O–H groups in total. The molecule has 4 aromatic rings. The Kier molecular flexibility index (Phi) is 11.5. The summed E-state index contributed by atoms with van der Waals surface area (Å²) in [5.41, 5.74) is 7.95. The first-order valence-corrected chi connectivity index (χ1v) is 15.6. The lowest BCUT2D eigenvalue weighted by Crippen LogP contribution is -2.15. The van der Waals surface area contributed by atoms with Crippen molar-refractivity contribution in [3.05, 3.63) is 101 Å². The van der Waals surface area contributed by atoms with E-state index in [0.717, 1.165) is 38.0 Å². The van der Waals surface area contributed by atoms with E-state index >= 15 is 0 Å². The maximum absolute atomic E-state index is 11.7. The van der Waals surface area contributed by atoms with Crippen LogP contribution in [0.5, 0.6) is 17.2 Å². The quantitative estimate of drug-likeness (QED) is 0.214. The van der Waals surface area contributed by atoms with E-state index in [1.807, 2.05) is 43.3 Å². The molecule has 4 aromatic carbocycles. The van der Waals surface area contributed by atoms with Gasteiger partial charge in [-0.3, -0.25) is 4.79 Å². The number of esters is 1. The number of carbonyl (C=O) groups is 1. The number of rotatable bonds is 7. The predicted octanol–water partition coefficient (Wildman–Crippen LogP) is 11.0. The van der Waals surface area contributed by atoms with Crippen LogP contribution in [0.1, 0.15) is 76.3 Å². The number of phenolic OH excluding ortho intramolecular Hbond substituents is 1. The lowest BCUT2D eigenvalue weighted by Gasteiger charge is -2.25. The van der Waals surface area contributed by atoms with E-state index in [4.69, 9.17) is 9.47 Å². The molecule has 0 unspecified atom stereocenters. The molecule has 43 heavy (non-hydrogen) atoms. The lowest BCUT2D eigenvalue weighted by molar-refractivity contribution is -0.142. The van der Waals surface area contributed by atoms with Gasteiger partial charge in [0.15, 0.2) is 0 Å². The van der Waals surface area contributed by atoms with Gasteiger partial charge in [-0.15, -0.1) is 0 Å². The molecule has 0 amide bonds. The van der Waals surface area contributed by atoms with Crippen LogP contribution in [0, 0.1) is 26.7 Å². The first kappa shape index (κ1) is 33.8. The van der Waals surface area contributed by atoms with Crippen molar-refractivity contribution in [2.45, 2.75) is 91.1 Å². The summed E-state index contributed by atoms with van der Waals surface area (Å²) >= 11 is 1.61. The highest BCUT2D eigenvalue weighted by atomic mass is 32.2. The number of phenols is 1. The molecule has 0 saturated heterocycles. The van der Waals surface area contributed by atoms with Gasteiger partial charge in [-0.1, -0.05) is 65.4 Å². The Bertz CT molecular complexity index is 1500. The van der Waals surface area contributed by atoms with Crippen LogP contribution in [0.15, 0.2) is 82.6 Å². The summed E-state index contributed by atoms with van der Waals surface area (Å²) in [5, 5.41) is 9.51. The zero-order chi connectivity index (χ0) is 31.9. The Morgan fingerprint density at radius 3 is 1.74 bits per heavy atom. The normalized spacial score (nSPS) is 11.1. The number of hydrogen-bond donors (Lipinski definition) is 1. The van der Waals surface area contributed by atoms with E-state index in [2.05, 4.69) is 79.7 Å². The predicted molar refractivity (Wildman–Crippen MR) is 180 cm³/mol. The van der Waals surface area contributed by atoms with E-state index in [9.17, 15) is 9.90 Å². The molecule has 0 aliphatic carbocycles. The molecule has 0 aliphatic heterocycles. The number of carbonyl (C=O) groups excluding carboxylic acids is 1. The van der Waals surface area contributed by atoms with Gasteiger partial charge in [-0.05, 0) is 126 Å². The van der Waals surface area contributed by atoms with Crippen LogP contribution < -0.4 is 4.74 Å². The van der Waals surface area contributed by atoms with E-state index < -0.39 is 0 Å². The minimum Gasteiger partial charge on any atom is -0.508 e. The Morgan fingerprint density at radius 1 is 0.791 bits per heavy atom. The monoisotopic (exact) mass is 598 g/mol. The summed E-state index contributed by atoms with van der Waals surface area (Å²) in [4.78, 5) is 13.8. The number of hydrogen-bond acceptors (Lipinski definition) is 5. The minimum absolute atomic E-state index is 0.0684. The van der Waals surface area contributed by atoms with Crippen LogP contribution in [-0.4, -0.2) is 11.1 Å². The van der Waals surface area contributed by atoms with E-state index in [0.29, 0.717) is 11.5 Å². The number of aryl methyl sites for hydroxylation is 3. The van der Waals surface area contributed by atoms with Crippen molar-refractivity contribution in [2.75, 3.05) is 0 Å². The number of benzene rings is 4. The van der Waals surface area contributed by atoms with Crippen molar-refractivity contribution >= 4 is 17.7 Å². The van der Waals surface area contributed by atoms with Crippen LogP contribution in [-0.2, 0) is 21.6 Å². The minimum atomic E-state index is -0.333. The molecule has 0 saturated carbocycles. The van der Waals surface area contributed by atoms with Gasteiger partial charge in [0, 0.05) is 22.3 Å². The van der Waals surface area contributed by atoms with E-state index in [1.165, 1.54) is 23.6 Å². The average molecular weight is 599 g/mol. The van der Waals surface area contributed by atoms with Gasteiger partial charge < -0.3 is 14.6 Å². The average Bonchev–Trinajstić information content (AvgIpc) is 2.89. The Hall–Kier alpha value is -3.70. The van der Waals surface area contributed by atoms with E-state index in [1.54, 1.807) is 23.9 Å². The topological polar surface area (TPSA) is 55.8 Å². The van der Waals surface area contributed by atoms with Gasteiger partial charge >= 0.3 is 5.97 Å². The zero-order valence-electron chi connectivity index (χ0n) is 27.3. The van der Waals surface area contributed by atoms with Gasteiger partial charge in [0.05, 0.1) is 0 Å². The largest absolute Gasteiger partial charge is 0.508 e. The summed E-state index contributed by atoms with van der Waals surface area (Å²) in [6.45, 7) is 21.1. The number of aromatic hydroxyl groups is 1. The molecule has 0 spiro atoms. The van der Waals surface area contributed by atoms with Crippen molar-refractivity contribution in [3.8, 4) is 28.4 Å². The van der Waals surface area contributed by atoms with Crippen LogP contribution in [0.2, 0.25) is 0 Å². The molecular formula is C38H46O4S.